The van der Waals surface area contributed by atoms with E-state index in [4.69, 9.17) is 24.0 Å². The fourth-order valence-electron chi connectivity index (χ4n) is 8.07. The van der Waals surface area contributed by atoms with Crippen LogP contribution in [0, 0.1) is 0 Å². The van der Waals surface area contributed by atoms with E-state index in [1.165, 1.54) is 0 Å². The number of hydrogen-bond acceptors (Lipinski definition) is 9. The van der Waals surface area contributed by atoms with Crippen LogP contribution in [0.5, 0.6) is 5.88 Å². The number of carbonyl (C=O) groups is 1. The highest BCUT2D eigenvalue weighted by Gasteiger charge is 2.48. The second kappa shape index (κ2) is 10.3. The molecule has 11 heteroatoms. The minimum atomic E-state index is -0.568. The Bertz CT molecular complexity index is 1590. The van der Waals surface area contributed by atoms with Gasteiger partial charge < -0.3 is 14.0 Å². The lowest BCUT2D eigenvalue weighted by Gasteiger charge is -2.37. The third-order valence-electron chi connectivity index (χ3n) is 10.6. The highest BCUT2D eigenvalue weighted by Crippen LogP contribution is 2.47. The number of nitrogens with zero attached hydrogens (tertiary/aromatic N) is 6. The molecule has 0 unspecified atom stereocenters. The summed E-state index contributed by atoms with van der Waals surface area (Å²) in [6.45, 7) is 6.77. The highest BCUT2D eigenvalue weighted by atomic mass is 16.5. The number of rotatable bonds is 5. The first-order valence-corrected chi connectivity index (χ1v) is 15.7. The van der Waals surface area contributed by atoms with Gasteiger partial charge in [0.15, 0.2) is 11.2 Å². The standard InChI is InChI=1S/C31H42N6O5/c1-17-11-12-22(35(17)4)19(3)41-29-24-28(37(30(39)36(24)5)20-15-18(2)40-16-20)32-27(33-29)25-21-9-8-14-31(26(21)34-42-25)13-7-6-10-23(31)38/h17-20,22H,6-16H2,1-5H3/t17-,18-,19-,20+,22-,31+/m0/s1. The summed E-state index contributed by atoms with van der Waals surface area (Å²) in [6, 6.07) is 0.567. The molecule has 0 radical (unpaired) electrons. The zero-order valence-electron chi connectivity index (χ0n) is 25.4. The Morgan fingerprint density at radius 3 is 2.57 bits per heavy atom. The molecule has 3 aromatic heterocycles. The molecule has 226 valence electrons. The summed E-state index contributed by atoms with van der Waals surface area (Å²) in [5.41, 5.74) is 2.02. The Kier molecular flexibility index (Phi) is 6.80. The Balaban J connectivity index is 1.38. The molecule has 2 saturated heterocycles. The van der Waals surface area contributed by atoms with Crippen LogP contribution in [0.4, 0.5) is 0 Å². The smallest absolute Gasteiger partial charge is 0.330 e. The largest absolute Gasteiger partial charge is 0.471 e. The molecular weight excluding hydrogens is 536 g/mol. The van der Waals surface area contributed by atoms with E-state index in [2.05, 4.69) is 31.0 Å². The quantitative estimate of drug-likeness (QED) is 0.441. The number of likely N-dealkylation sites (N-methyl/N-ethyl adjacent to an activating group) is 1. The van der Waals surface area contributed by atoms with E-state index in [1.807, 2.05) is 6.92 Å². The lowest BCUT2D eigenvalue weighted by Crippen LogP contribution is -2.41. The van der Waals surface area contributed by atoms with Gasteiger partial charge in [0.1, 0.15) is 17.6 Å². The molecule has 0 aromatic carbocycles. The van der Waals surface area contributed by atoms with Crippen molar-refractivity contribution in [2.45, 2.75) is 121 Å². The molecule has 7 rings (SSSR count). The van der Waals surface area contributed by atoms with E-state index in [-0.39, 0.29) is 35.8 Å². The van der Waals surface area contributed by atoms with Gasteiger partial charge >= 0.3 is 5.69 Å². The van der Waals surface area contributed by atoms with Crippen molar-refractivity contribution in [2.75, 3.05) is 13.7 Å². The molecular formula is C31H42N6O5. The summed E-state index contributed by atoms with van der Waals surface area (Å²) in [5, 5.41) is 4.53. The maximum Gasteiger partial charge on any atom is 0.330 e. The van der Waals surface area contributed by atoms with Gasteiger partial charge in [-0.3, -0.25) is 18.8 Å². The number of ether oxygens (including phenoxy) is 2. The maximum atomic E-state index is 13.7. The summed E-state index contributed by atoms with van der Waals surface area (Å²) in [6.07, 6.45) is 8.54. The fraction of sp³-hybridized carbons (Fsp3) is 0.710. The Morgan fingerprint density at radius 2 is 1.86 bits per heavy atom. The van der Waals surface area contributed by atoms with E-state index in [0.717, 1.165) is 69.0 Å². The number of aryl methyl sites for hydroxylation is 1. The van der Waals surface area contributed by atoms with Crippen LogP contribution in [0.3, 0.4) is 0 Å². The summed E-state index contributed by atoms with van der Waals surface area (Å²) in [5.74, 6) is 1.46. The molecule has 2 aliphatic carbocycles. The predicted octanol–water partition coefficient (Wildman–Crippen LogP) is 4.10. The Hall–Kier alpha value is -3.05. The SMILES string of the molecule is C[C@H](Oc1nc(-c2onc3c2CCC[C@@]32CCCCC2=O)nc2c1n(C)c(=O)n2[C@H]1CO[C@@H](C)C1)[C@@H]1CC[C@H](C)N1C. The third-order valence-corrected chi connectivity index (χ3v) is 10.6. The molecule has 0 N–H and O–H groups in total. The first kappa shape index (κ1) is 27.8. The van der Waals surface area contributed by atoms with Crippen LogP contribution in [0.15, 0.2) is 9.32 Å². The average Bonchev–Trinajstić information content (AvgIpc) is 3.73. The maximum absolute atomic E-state index is 13.7. The number of aromatic nitrogens is 5. The van der Waals surface area contributed by atoms with Crippen molar-refractivity contribution in [3.05, 3.63) is 21.7 Å². The average molecular weight is 579 g/mol. The van der Waals surface area contributed by atoms with Crippen molar-refractivity contribution in [1.29, 1.82) is 0 Å². The first-order valence-electron chi connectivity index (χ1n) is 15.7. The highest BCUT2D eigenvalue weighted by molar-refractivity contribution is 5.91. The van der Waals surface area contributed by atoms with Crippen LogP contribution < -0.4 is 10.4 Å². The van der Waals surface area contributed by atoms with Gasteiger partial charge in [-0.05, 0) is 79.2 Å². The molecule has 4 aliphatic rings. The van der Waals surface area contributed by atoms with Gasteiger partial charge in [0, 0.05) is 31.1 Å². The van der Waals surface area contributed by atoms with Gasteiger partial charge in [-0.15, -0.1) is 0 Å². The first-order chi connectivity index (χ1) is 20.2. The lowest BCUT2D eigenvalue weighted by molar-refractivity contribution is -0.127. The number of likely N-dealkylation sites (tertiary alicyclic amines) is 1. The fourth-order valence-corrected chi connectivity index (χ4v) is 8.07. The predicted molar refractivity (Wildman–Crippen MR) is 156 cm³/mol. The number of Topliss-reactive ketones (excluding diaryl/α,β-unsaturated/α-hetero) is 1. The molecule has 1 saturated carbocycles. The van der Waals surface area contributed by atoms with Crippen LogP contribution >= 0.6 is 0 Å². The lowest BCUT2D eigenvalue weighted by atomic mass is 9.64. The van der Waals surface area contributed by atoms with Crippen LogP contribution in [-0.4, -0.2) is 72.9 Å². The van der Waals surface area contributed by atoms with Crippen LogP contribution in [0.1, 0.15) is 95.9 Å². The number of imidazole rings is 1. The Labute approximate surface area is 245 Å². The van der Waals surface area contributed by atoms with E-state index in [0.29, 0.717) is 47.7 Å². The van der Waals surface area contributed by atoms with Crippen molar-refractivity contribution >= 4 is 16.9 Å². The zero-order valence-corrected chi connectivity index (χ0v) is 25.4. The van der Waals surface area contributed by atoms with Crippen LogP contribution in [0.2, 0.25) is 0 Å². The molecule has 3 fully saturated rings. The van der Waals surface area contributed by atoms with E-state index in [9.17, 15) is 9.59 Å². The molecule has 6 atom stereocenters. The molecule has 0 bridgehead atoms. The summed E-state index contributed by atoms with van der Waals surface area (Å²) >= 11 is 0. The van der Waals surface area contributed by atoms with Gasteiger partial charge in [-0.25, -0.2) is 9.78 Å². The molecule has 3 aromatic rings. The Morgan fingerprint density at radius 1 is 1.05 bits per heavy atom. The second-order valence-electron chi connectivity index (χ2n) is 13.2. The number of carbonyl (C=O) groups excluding carboxylic acids is 1. The van der Waals surface area contributed by atoms with Gasteiger partial charge in [-0.1, -0.05) is 11.6 Å². The van der Waals surface area contributed by atoms with Crippen molar-refractivity contribution in [3.63, 3.8) is 0 Å². The van der Waals surface area contributed by atoms with Gasteiger partial charge in [0.25, 0.3) is 0 Å². The van der Waals surface area contributed by atoms with Crippen molar-refractivity contribution in [3.8, 4) is 17.5 Å². The minimum absolute atomic E-state index is 0.0552. The number of fused-ring (bicyclic) bond motifs is 3. The topological polar surface area (TPSA) is 118 Å². The van der Waals surface area contributed by atoms with Crippen molar-refractivity contribution in [1.82, 2.24) is 29.2 Å². The summed E-state index contributed by atoms with van der Waals surface area (Å²) in [7, 11) is 3.89. The van der Waals surface area contributed by atoms with E-state index < -0.39 is 5.41 Å². The number of hydrogen-bond donors (Lipinski definition) is 0. The van der Waals surface area contributed by atoms with Gasteiger partial charge in [-0.2, -0.15) is 4.98 Å². The summed E-state index contributed by atoms with van der Waals surface area (Å²) in [4.78, 5) is 39.3. The van der Waals surface area contributed by atoms with Crippen molar-refractivity contribution in [2.24, 2.45) is 7.05 Å². The molecule has 5 heterocycles. The van der Waals surface area contributed by atoms with E-state index >= 15 is 0 Å². The summed E-state index contributed by atoms with van der Waals surface area (Å²) < 4.78 is 21.9. The third kappa shape index (κ3) is 4.17. The van der Waals surface area contributed by atoms with Gasteiger partial charge in [0.05, 0.1) is 24.2 Å². The monoisotopic (exact) mass is 578 g/mol. The molecule has 42 heavy (non-hydrogen) atoms. The molecule has 2 aliphatic heterocycles. The van der Waals surface area contributed by atoms with Crippen LogP contribution in [0.25, 0.3) is 22.7 Å². The normalized spacial score (nSPS) is 30.8. The molecule has 0 amide bonds. The van der Waals surface area contributed by atoms with Gasteiger partial charge in [0.2, 0.25) is 17.5 Å². The van der Waals surface area contributed by atoms with Crippen molar-refractivity contribution < 1.29 is 18.8 Å². The molecule has 11 nitrogen and oxygen atoms in total. The van der Waals surface area contributed by atoms with Crippen LogP contribution in [-0.2, 0) is 28.4 Å². The zero-order chi connectivity index (χ0) is 29.3. The number of ketones is 1. The van der Waals surface area contributed by atoms with E-state index in [1.54, 1.807) is 16.2 Å². The molecule has 1 spiro atoms. The second-order valence-corrected chi connectivity index (χ2v) is 13.2. The minimum Gasteiger partial charge on any atom is -0.471 e.